The van der Waals surface area contributed by atoms with E-state index in [0.29, 0.717) is 13.0 Å². The predicted molar refractivity (Wildman–Crippen MR) is 90.3 cm³/mol. The van der Waals surface area contributed by atoms with Gasteiger partial charge in [-0.1, -0.05) is 12.1 Å². The Labute approximate surface area is 141 Å². The zero-order chi connectivity index (χ0) is 17.3. The molecule has 6 heteroatoms. The normalized spacial score (nSPS) is 23.5. The Hall–Kier alpha value is -2.21. The molecule has 24 heavy (non-hydrogen) atoms. The number of fused-ring (bicyclic) bond motifs is 1. The molecule has 1 aromatic heterocycles. The molecule has 1 aromatic carbocycles. The lowest BCUT2D eigenvalue weighted by molar-refractivity contribution is -0.792. The molecule has 2 atom stereocenters. The fourth-order valence-corrected chi connectivity index (χ4v) is 3.82. The van der Waals surface area contributed by atoms with E-state index in [1.54, 1.807) is 0 Å². The number of carbonyl (C=O) groups is 2. The summed E-state index contributed by atoms with van der Waals surface area (Å²) in [5, 5.41) is 0. The first-order valence-corrected chi connectivity index (χ1v) is 8.40. The molecule has 0 bridgehead atoms. The van der Waals surface area contributed by atoms with Gasteiger partial charge in [-0.15, -0.1) is 0 Å². The van der Waals surface area contributed by atoms with Crippen LogP contribution in [-0.2, 0) is 23.0 Å². The summed E-state index contributed by atoms with van der Waals surface area (Å²) in [7, 11) is 3.31. The summed E-state index contributed by atoms with van der Waals surface area (Å²) in [6.07, 6.45) is 2.11. The summed E-state index contributed by atoms with van der Waals surface area (Å²) in [5.74, 6) is 0.790. The fourth-order valence-electron chi connectivity index (χ4n) is 3.82. The second-order valence-electron chi connectivity index (χ2n) is 6.52. The number of aryl methyl sites for hydroxylation is 2. The van der Waals surface area contributed by atoms with Crippen LogP contribution in [0.4, 0.5) is 4.79 Å². The largest absolute Gasteiger partial charge is 0.523 e. The number of imidazole rings is 1. The first kappa shape index (κ1) is 16.6. The number of benzene rings is 1. The Balaban J connectivity index is 1.81. The van der Waals surface area contributed by atoms with Gasteiger partial charge >= 0.3 is 12.0 Å². The summed E-state index contributed by atoms with van der Waals surface area (Å²) >= 11 is 0. The predicted octanol–water partition coefficient (Wildman–Crippen LogP) is 2.80. The highest BCUT2D eigenvalue weighted by Gasteiger charge is 2.53. The zero-order valence-corrected chi connectivity index (χ0v) is 14.5. The van der Waals surface area contributed by atoms with Crippen molar-refractivity contribution in [2.75, 3.05) is 13.7 Å². The van der Waals surface area contributed by atoms with Gasteiger partial charge in [-0.2, -0.15) is 9.28 Å². The number of likely N-dealkylation sites (tertiary alicyclic amines) is 1. The van der Waals surface area contributed by atoms with E-state index in [2.05, 4.69) is 4.98 Å². The maximum absolute atomic E-state index is 12.9. The molecule has 0 spiro atoms. The number of amides is 2. The number of methoxy groups -OCH3 is 1. The summed E-state index contributed by atoms with van der Waals surface area (Å²) in [4.78, 5) is 29.8. The van der Waals surface area contributed by atoms with Crippen LogP contribution in [0.2, 0.25) is 0 Å². The smallest absolute Gasteiger partial charge is 0.423 e. The van der Waals surface area contributed by atoms with Crippen LogP contribution >= 0.6 is 0 Å². The molecule has 1 aliphatic heterocycles. The Bertz CT molecular complexity index is 783. The van der Waals surface area contributed by atoms with Gasteiger partial charge in [-0.25, -0.2) is 9.78 Å². The van der Waals surface area contributed by atoms with Crippen molar-refractivity contribution >= 4 is 23.0 Å². The molecule has 2 heterocycles. The second kappa shape index (κ2) is 6.36. The number of hydrogen-bond acceptors (Lipinski definition) is 4. The Kier molecular flexibility index (Phi) is 4.41. The topological polar surface area (TPSA) is 61.2 Å². The summed E-state index contributed by atoms with van der Waals surface area (Å²) in [5.41, 5.74) is 1.97. The maximum Gasteiger partial charge on any atom is 0.523 e. The van der Waals surface area contributed by atoms with Gasteiger partial charge in [-0.3, -0.25) is 0 Å². The molecule has 1 saturated heterocycles. The van der Waals surface area contributed by atoms with E-state index < -0.39 is 6.09 Å². The monoisotopic (exact) mass is 330 g/mol. The molecule has 0 radical (unpaired) electrons. The Morgan fingerprint density at radius 3 is 2.75 bits per heavy atom. The van der Waals surface area contributed by atoms with Crippen LogP contribution in [0, 0.1) is 0 Å². The third-order valence-electron chi connectivity index (χ3n) is 5.27. The van der Waals surface area contributed by atoms with Crippen molar-refractivity contribution in [2.45, 2.75) is 38.6 Å². The molecule has 0 N–H and O–H groups in total. The number of ether oxygens (including phenoxy) is 1. The SMILES string of the molecule is COC(=O)[N+]1(C(=O)CCc2nc3ccccc3n2C)CCC[C@H]1C. The number of nitrogens with zero attached hydrogens (tertiary/aromatic N) is 3. The molecule has 128 valence electrons. The molecule has 1 fully saturated rings. The van der Waals surface area contributed by atoms with E-state index in [4.69, 9.17) is 4.74 Å². The van der Waals surface area contributed by atoms with Crippen LogP contribution < -0.4 is 0 Å². The highest BCUT2D eigenvalue weighted by Crippen LogP contribution is 2.30. The van der Waals surface area contributed by atoms with Gasteiger partial charge in [0, 0.05) is 26.3 Å². The van der Waals surface area contributed by atoms with E-state index in [1.807, 2.05) is 42.8 Å². The van der Waals surface area contributed by atoms with Crippen molar-refractivity contribution in [3.63, 3.8) is 0 Å². The minimum atomic E-state index is -0.435. The number of hydrogen-bond donors (Lipinski definition) is 0. The van der Waals surface area contributed by atoms with Gasteiger partial charge < -0.3 is 9.30 Å². The molecule has 0 saturated carbocycles. The average Bonchev–Trinajstić information content (AvgIpc) is 3.13. The van der Waals surface area contributed by atoms with E-state index in [-0.39, 0.29) is 22.9 Å². The lowest BCUT2D eigenvalue weighted by atomic mass is 10.2. The lowest BCUT2D eigenvalue weighted by Crippen LogP contribution is -2.59. The summed E-state index contributed by atoms with van der Waals surface area (Å²) in [6.45, 7) is 2.49. The number of aromatic nitrogens is 2. The van der Waals surface area contributed by atoms with Gasteiger partial charge in [-0.05, 0) is 19.1 Å². The number of rotatable bonds is 3. The standard InChI is InChI=1S/C18H24N3O3/c1-13-7-6-12-21(13,18(23)24-3)17(22)11-10-16-19-14-8-4-5-9-15(14)20(16)2/h4-5,8-9,13H,6-7,10-12H2,1-3H3/q+1/t13-,21?/m1/s1. The quantitative estimate of drug-likeness (QED) is 0.812. The van der Waals surface area contributed by atoms with Gasteiger partial charge in [0.05, 0.1) is 31.1 Å². The van der Waals surface area contributed by atoms with Gasteiger partial charge in [0.1, 0.15) is 11.9 Å². The highest BCUT2D eigenvalue weighted by atomic mass is 16.5. The van der Waals surface area contributed by atoms with Crippen LogP contribution in [0.25, 0.3) is 11.0 Å². The Morgan fingerprint density at radius 1 is 1.38 bits per heavy atom. The molecular weight excluding hydrogens is 306 g/mol. The molecular formula is C18H24N3O3+. The van der Waals surface area contributed by atoms with Crippen LogP contribution in [-0.4, -0.2) is 45.7 Å². The summed E-state index contributed by atoms with van der Waals surface area (Å²) < 4.78 is 6.78. The molecule has 2 amide bonds. The first-order valence-electron chi connectivity index (χ1n) is 8.40. The molecule has 1 unspecified atom stereocenters. The highest BCUT2D eigenvalue weighted by molar-refractivity contribution is 5.82. The lowest BCUT2D eigenvalue weighted by Gasteiger charge is -2.31. The minimum Gasteiger partial charge on any atom is -0.423 e. The van der Waals surface area contributed by atoms with Gasteiger partial charge in [0.2, 0.25) is 0 Å². The van der Waals surface area contributed by atoms with Crippen molar-refractivity contribution in [3.8, 4) is 0 Å². The number of imide groups is 1. The second-order valence-corrected chi connectivity index (χ2v) is 6.52. The third kappa shape index (κ3) is 2.51. The van der Waals surface area contributed by atoms with Crippen molar-refractivity contribution in [3.05, 3.63) is 30.1 Å². The van der Waals surface area contributed by atoms with E-state index in [1.165, 1.54) is 7.11 Å². The number of carbonyl (C=O) groups excluding carboxylic acids is 2. The molecule has 2 aromatic rings. The van der Waals surface area contributed by atoms with E-state index in [0.717, 1.165) is 29.7 Å². The number of quaternary nitrogens is 1. The minimum absolute atomic E-state index is 0.0228. The molecule has 3 rings (SSSR count). The van der Waals surface area contributed by atoms with Crippen molar-refractivity contribution < 1.29 is 18.8 Å². The van der Waals surface area contributed by atoms with Crippen molar-refractivity contribution in [1.29, 1.82) is 0 Å². The number of para-hydroxylation sites is 2. The van der Waals surface area contributed by atoms with Crippen molar-refractivity contribution in [1.82, 2.24) is 9.55 Å². The van der Waals surface area contributed by atoms with Crippen LogP contribution in [0.5, 0.6) is 0 Å². The maximum atomic E-state index is 12.9. The first-order chi connectivity index (χ1) is 11.5. The Morgan fingerprint density at radius 2 is 2.12 bits per heavy atom. The molecule has 0 aliphatic carbocycles. The van der Waals surface area contributed by atoms with E-state index in [9.17, 15) is 9.59 Å². The summed E-state index contributed by atoms with van der Waals surface area (Å²) in [6, 6.07) is 7.88. The molecule has 6 nitrogen and oxygen atoms in total. The third-order valence-corrected chi connectivity index (χ3v) is 5.27. The molecule has 1 aliphatic rings. The van der Waals surface area contributed by atoms with Crippen LogP contribution in [0.15, 0.2) is 24.3 Å². The van der Waals surface area contributed by atoms with Crippen molar-refractivity contribution in [2.24, 2.45) is 7.05 Å². The van der Waals surface area contributed by atoms with Crippen LogP contribution in [0.1, 0.15) is 32.0 Å². The van der Waals surface area contributed by atoms with Gasteiger partial charge in [0.15, 0.2) is 0 Å². The van der Waals surface area contributed by atoms with Crippen LogP contribution in [0.3, 0.4) is 0 Å². The van der Waals surface area contributed by atoms with Gasteiger partial charge in [0.25, 0.3) is 0 Å². The average molecular weight is 330 g/mol. The zero-order valence-electron chi connectivity index (χ0n) is 14.5. The fraction of sp³-hybridized carbons (Fsp3) is 0.500. The van der Waals surface area contributed by atoms with E-state index >= 15 is 0 Å².